The molecule has 0 saturated heterocycles. The fraction of sp³-hybridized carbons (Fsp3) is 0.400. The van der Waals surface area contributed by atoms with Gasteiger partial charge < -0.3 is 9.88 Å². The summed E-state index contributed by atoms with van der Waals surface area (Å²) in [7, 11) is 3.90. The van der Waals surface area contributed by atoms with E-state index in [2.05, 4.69) is 15.0 Å². The average Bonchev–Trinajstić information content (AvgIpc) is 2.59. The van der Waals surface area contributed by atoms with Crippen molar-refractivity contribution in [2.45, 2.75) is 12.3 Å². The van der Waals surface area contributed by atoms with Gasteiger partial charge in [-0.2, -0.15) is 0 Å². The van der Waals surface area contributed by atoms with Crippen molar-refractivity contribution >= 4 is 28.6 Å². The van der Waals surface area contributed by atoms with Crippen LogP contribution in [-0.2, 0) is 0 Å². The second-order valence-corrected chi connectivity index (χ2v) is 4.33. The van der Waals surface area contributed by atoms with E-state index in [0.29, 0.717) is 5.65 Å². The summed E-state index contributed by atoms with van der Waals surface area (Å²) in [6, 6.07) is 3.91. The Morgan fingerprint density at radius 2 is 2.07 bits per heavy atom. The Labute approximate surface area is 93.3 Å². The van der Waals surface area contributed by atoms with E-state index >= 15 is 0 Å². The van der Waals surface area contributed by atoms with E-state index in [1.165, 1.54) is 0 Å². The first-order valence-electron chi connectivity index (χ1n) is 4.76. The van der Waals surface area contributed by atoms with Gasteiger partial charge in [0.1, 0.15) is 11.6 Å². The van der Waals surface area contributed by atoms with Gasteiger partial charge in [-0.05, 0) is 19.1 Å². The number of nitrogens with one attached hydrogen (secondary N) is 1. The number of aromatic nitrogens is 3. The van der Waals surface area contributed by atoms with Crippen molar-refractivity contribution in [1.82, 2.24) is 15.0 Å². The van der Waals surface area contributed by atoms with Gasteiger partial charge in [0.05, 0.1) is 10.9 Å². The molecule has 1 unspecified atom stereocenters. The first-order chi connectivity index (χ1) is 7.08. The quantitative estimate of drug-likeness (QED) is 0.797. The van der Waals surface area contributed by atoms with E-state index in [9.17, 15) is 0 Å². The second-order valence-electron chi connectivity index (χ2n) is 3.67. The highest BCUT2D eigenvalue weighted by molar-refractivity contribution is 6.20. The normalized spacial score (nSPS) is 13.1. The SMILES string of the molecule is CC(Cl)c1nc2nc(N(C)C)ccc2[nH]1. The molecule has 0 aliphatic carbocycles. The highest BCUT2D eigenvalue weighted by atomic mass is 35.5. The molecule has 2 aromatic rings. The van der Waals surface area contributed by atoms with E-state index in [1.54, 1.807) is 0 Å². The Morgan fingerprint density at radius 1 is 1.33 bits per heavy atom. The number of halogens is 1. The number of imidazole rings is 1. The number of pyridine rings is 1. The van der Waals surface area contributed by atoms with E-state index in [1.807, 2.05) is 38.1 Å². The Kier molecular flexibility index (Phi) is 2.52. The smallest absolute Gasteiger partial charge is 0.179 e. The van der Waals surface area contributed by atoms with Gasteiger partial charge in [-0.3, -0.25) is 0 Å². The van der Waals surface area contributed by atoms with Gasteiger partial charge in [-0.1, -0.05) is 0 Å². The fourth-order valence-electron chi connectivity index (χ4n) is 1.34. The molecule has 0 aromatic carbocycles. The third-order valence-electron chi connectivity index (χ3n) is 2.18. The zero-order valence-corrected chi connectivity index (χ0v) is 9.71. The minimum absolute atomic E-state index is 0.123. The summed E-state index contributed by atoms with van der Waals surface area (Å²) in [6.07, 6.45) is 0. The molecule has 1 atom stereocenters. The van der Waals surface area contributed by atoms with Crippen LogP contribution in [0.4, 0.5) is 5.82 Å². The van der Waals surface area contributed by atoms with Crippen molar-refractivity contribution in [1.29, 1.82) is 0 Å². The molecule has 0 fully saturated rings. The van der Waals surface area contributed by atoms with Gasteiger partial charge in [0.2, 0.25) is 0 Å². The zero-order chi connectivity index (χ0) is 11.0. The standard InChI is InChI=1S/C10H13ClN4/c1-6(11)9-12-7-4-5-8(15(2)3)13-10(7)14-9/h4-6H,1-3H3,(H,12,13,14). The van der Waals surface area contributed by atoms with E-state index in [4.69, 9.17) is 11.6 Å². The lowest BCUT2D eigenvalue weighted by molar-refractivity contribution is 0.959. The van der Waals surface area contributed by atoms with Gasteiger partial charge >= 0.3 is 0 Å². The molecule has 80 valence electrons. The maximum absolute atomic E-state index is 5.95. The second kappa shape index (κ2) is 3.70. The van der Waals surface area contributed by atoms with Gasteiger partial charge in [0.15, 0.2) is 5.65 Å². The van der Waals surface area contributed by atoms with E-state index < -0.39 is 0 Å². The summed E-state index contributed by atoms with van der Waals surface area (Å²) in [5.74, 6) is 1.65. The minimum atomic E-state index is -0.123. The first-order valence-corrected chi connectivity index (χ1v) is 5.19. The Balaban J connectivity index is 2.52. The summed E-state index contributed by atoms with van der Waals surface area (Å²) >= 11 is 5.95. The van der Waals surface area contributed by atoms with Gasteiger partial charge in [-0.15, -0.1) is 11.6 Å². The summed E-state index contributed by atoms with van der Waals surface area (Å²) in [5.41, 5.74) is 1.63. The number of alkyl halides is 1. The number of hydrogen-bond acceptors (Lipinski definition) is 3. The number of anilines is 1. The molecule has 2 rings (SSSR count). The summed E-state index contributed by atoms with van der Waals surface area (Å²) < 4.78 is 0. The fourth-order valence-corrected chi connectivity index (χ4v) is 1.44. The van der Waals surface area contributed by atoms with E-state index in [-0.39, 0.29) is 5.38 Å². The number of H-pyrrole nitrogens is 1. The molecule has 15 heavy (non-hydrogen) atoms. The summed E-state index contributed by atoms with van der Waals surface area (Å²) in [4.78, 5) is 13.8. The van der Waals surface area contributed by atoms with Crippen molar-refractivity contribution in [2.75, 3.05) is 19.0 Å². The predicted molar refractivity (Wildman–Crippen MR) is 62.5 cm³/mol. The van der Waals surface area contributed by atoms with Gasteiger partial charge in [-0.25, -0.2) is 9.97 Å². The largest absolute Gasteiger partial charge is 0.363 e. The van der Waals surface area contributed by atoms with Gasteiger partial charge in [0.25, 0.3) is 0 Å². The van der Waals surface area contributed by atoms with Crippen molar-refractivity contribution in [2.24, 2.45) is 0 Å². The zero-order valence-electron chi connectivity index (χ0n) is 8.95. The van der Waals surface area contributed by atoms with Crippen molar-refractivity contribution in [3.63, 3.8) is 0 Å². The number of fused-ring (bicyclic) bond motifs is 1. The average molecular weight is 225 g/mol. The molecule has 1 N–H and O–H groups in total. The van der Waals surface area contributed by atoms with Crippen LogP contribution < -0.4 is 4.90 Å². The van der Waals surface area contributed by atoms with Crippen LogP contribution in [-0.4, -0.2) is 29.0 Å². The van der Waals surface area contributed by atoms with Crippen molar-refractivity contribution in [3.05, 3.63) is 18.0 Å². The van der Waals surface area contributed by atoms with E-state index in [0.717, 1.165) is 17.2 Å². The molecule has 4 nitrogen and oxygen atoms in total. The van der Waals surface area contributed by atoms with Crippen LogP contribution in [0.2, 0.25) is 0 Å². The molecule has 0 aliphatic rings. The molecule has 0 radical (unpaired) electrons. The molecule has 0 spiro atoms. The molecule has 2 aromatic heterocycles. The number of aromatic amines is 1. The Morgan fingerprint density at radius 3 is 2.67 bits per heavy atom. The topological polar surface area (TPSA) is 44.8 Å². The lowest BCUT2D eigenvalue weighted by Crippen LogP contribution is -2.10. The summed E-state index contributed by atoms with van der Waals surface area (Å²) in [6.45, 7) is 1.88. The van der Waals surface area contributed by atoms with Crippen LogP contribution in [0.5, 0.6) is 0 Å². The van der Waals surface area contributed by atoms with Crippen LogP contribution in [0.25, 0.3) is 11.2 Å². The molecule has 0 aliphatic heterocycles. The molecule has 0 amide bonds. The minimum Gasteiger partial charge on any atom is -0.363 e. The highest BCUT2D eigenvalue weighted by Crippen LogP contribution is 2.20. The highest BCUT2D eigenvalue weighted by Gasteiger charge is 2.09. The molecule has 0 bridgehead atoms. The Bertz CT molecular complexity index is 469. The van der Waals surface area contributed by atoms with Crippen LogP contribution in [0.3, 0.4) is 0 Å². The lowest BCUT2D eigenvalue weighted by atomic mass is 10.4. The number of hydrogen-bond donors (Lipinski definition) is 1. The van der Waals surface area contributed by atoms with Crippen molar-refractivity contribution in [3.8, 4) is 0 Å². The maximum atomic E-state index is 5.95. The Hall–Kier alpha value is -1.29. The van der Waals surface area contributed by atoms with Crippen LogP contribution in [0.15, 0.2) is 12.1 Å². The molecular formula is C10H13ClN4. The first kappa shape index (κ1) is 10.2. The van der Waals surface area contributed by atoms with Gasteiger partial charge in [0, 0.05) is 14.1 Å². The third-order valence-corrected chi connectivity index (χ3v) is 2.39. The predicted octanol–water partition coefficient (Wildman–Crippen LogP) is 2.32. The number of rotatable bonds is 2. The monoisotopic (exact) mass is 224 g/mol. The van der Waals surface area contributed by atoms with Crippen molar-refractivity contribution < 1.29 is 0 Å². The lowest BCUT2D eigenvalue weighted by Gasteiger charge is -2.09. The summed E-state index contributed by atoms with van der Waals surface area (Å²) in [5, 5.41) is -0.123. The molecule has 0 saturated carbocycles. The van der Waals surface area contributed by atoms with Crippen LogP contribution >= 0.6 is 11.6 Å². The third kappa shape index (κ3) is 1.90. The molecule has 5 heteroatoms. The molecule has 2 heterocycles. The van der Waals surface area contributed by atoms with Crippen LogP contribution in [0, 0.1) is 0 Å². The maximum Gasteiger partial charge on any atom is 0.179 e. The molecular weight excluding hydrogens is 212 g/mol. The number of nitrogens with zero attached hydrogens (tertiary/aromatic N) is 3. The van der Waals surface area contributed by atoms with Crippen LogP contribution in [0.1, 0.15) is 18.1 Å².